The highest BCUT2D eigenvalue weighted by Crippen LogP contribution is 2.31. The molecular weight excluding hydrogens is 318 g/mol. The lowest BCUT2D eigenvalue weighted by molar-refractivity contribution is 0.0696. The minimum Gasteiger partial charge on any atom is -0.478 e. The van der Waals surface area contributed by atoms with Gasteiger partial charge in [-0.15, -0.1) is 0 Å². The van der Waals surface area contributed by atoms with Gasteiger partial charge in [0.1, 0.15) is 5.76 Å². The number of amides is 1. The molecular formula is C17H18ClNO4. The summed E-state index contributed by atoms with van der Waals surface area (Å²) < 4.78 is 5.22. The third kappa shape index (κ3) is 3.40. The number of halogens is 1. The van der Waals surface area contributed by atoms with E-state index in [4.69, 9.17) is 16.0 Å². The Morgan fingerprint density at radius 1 is 1.26 bits per heavy atom. The number of anilines is 1. The van der Waals surface area contributed by atoms with Crippen molar-refractivity contribution in [1.29, 1.82) is 0 Å². The van der Waals surface area contributed by atoms with Crippen LogP contribution in [0.5, 0.6) is 0 Å². The molecule has 0 saturated heterocycles. The number of aromatic carboxylic acids is 1. The van der Waals surface area contributed by atoms with Gasteiger partial charge in [0.05, 0.1) is 22.4 Å². The first kappa shape index (κ1) is 17.1. The quantitative estimate of drug-likeness (QED) is 0.854. The Labute approximate surface area is 139 Å². The van der Waals surface area contributed by atoms with E-state index in [2.05, 4.69) is 5.32 Å². The fourth-order valence-electron chi connectivity index (χ4n) is 2.40. The van der Waals surface area contributed by atoms with Gasteiger partial charge in [0.25, 0.3) is 5.91 Å². The van der Waals surface area contributed by atoms with Crippen molar-refractivity contribution in [2.24, 2.45) is 0 Å². The predicted molar refractivity (Wildman–Crippen MR) is 88.6 cm³/mol. The topological polar surface area (TPSA) is 79.5 Å². The summed E-state index contributed by atoms with van der Waals surface area (Å²) in [6.07, 6.45) is 1.51. The van der Waals surface area contributed by atoms with Gasteiger partial charge in [0.15, 0.2) is 0 Å². The number of furan rings is 1. The molecule has 0 aliphatic rings. The molecule has 0 fully saturated rings. The van der Waals surface area contributed by atoms with Crippen molar-refractivity contribution < 1.29 is 19.1 Å². The van der Waals surface area contributed by atoms with Gasteiger partial charge in [-0.05, 0) is 37.5 Å². The highest BCUT2D eigenvalue weighted by Gasteiger charge is 2.20. The molecule has 2 N–H and O–H groups in total. The van der Waals surface area contributed by atoms with E-state index in [1.165, 1.54) is 12.3 Å². The van der Waals surface area contributed by atoms with E-state index in [0.29, 0.717) is 22.6 Å². The molecule has 0 radical (unpaired) electrons. The van der Waals surface area contributed by atoms with E-state index in [1.807, 2.05) is 13.8 Å². The van der Waals surface area contributed by atoms with Gasteiger partial charge in [-0.3, -0.25) is 4.79 Å². The zero-order valence-corrected chi connectivity index (χ0v) is 14.1. The Kier molecular flexibility index (Phi) is 4.80. The van der Waals surface area contributed by atoms with Gasteiger partial charge in [0.2, 0.25) is 0 Å². The Balaban J connectivity index is 2.44. The third-order valence-corrected chi connectivity index (χ3v) is 4.02. The van der Waals surface area contributed by atoms with Crippen molar-refractivity contribution in [2.75, 3.05) is 5.32 Å². The normalized spacial score (nSPS) is 10.9. The maximum Gasteiger partial charge on any atom is 0.337 e. The van der Waals surface area contributed by atoms with Crippen LogP contribution in [0.25, 0.3) is 0 Å². The number of benzene rings is 1. The van der Waals surface area contributed by atoms with Crippen LogP contribution in [0.1, 0.15) is 57.4 Å². The first-order valence-electron chi connectivity index (χ1n) is 7.15. The van der Waals surface area contributed by atoms with E-state index in [1.54, 1.807) is 19.9 Å². The van der Waals surface area contributed by atoms with Crippen LogP contribution in [0.3, 0.4) is 0 Å². The summed E-state index contributed by atoms with van der Waals surface area (Å²) in [6, 6.07) is 3.06. The molecule has 5 nitrogen and oxygen atoms in total. The number of carboxylic acids is 1. The Morgan fingerprint density at radius 2 is 1.91 bits per heavy atom. The monoisotopic (exact) mass is 335 g/mol. The third-order valence-electron chi connectivity index (χ3n) is 3.60. The van der Waals surface area contributed by atoms with E-state index in [-0.39, 0.29) is 22.4 Å². The standard InChI is InChI=1S/C17H18ClNO4/c1-8(2)12-5-11(6-13(15(12)18)17(21)22)19-16(20)14-9(3)7-23-10(14)4/h5-8H,1-4H3,(H,19,20)(H,21,22). The molecule has 0 bridgehead atoms. The smallest absolute Gasteiger partial charge is 0.337 e. The summed E-state index contributed by atoms with van der Waals surface area (Å²) in [5.74, 6) is -0.947. The minimum absolute atomic E-state index is 0.0230. The molecule has 0 saturated carbocycles. The first-order chi connectivity index (χ1) is 10.7. The predicted octanol–water partition coefficient (Wildman–Crippen LogP) is 4.62. The van der Waals surface area contributed by atoms with Crippen molar-refractivity contribution in [3.63, 3.8) is 0 Å². The van der Waals surface area contributed by atoms with Gasteiger partial charge in [-0.2, -0.15) is 0 Å². The molecule has 0 unspecified atom stereocenters. The van der Waals surface area contributed by atoms with Gasteiger partial charge in [-0.25, -0.2) is 4.79 Å². The number of hydrogen-bond acceptors (Lipinski definition) is 3. The molecule has 6 heteroatoms. The molecule has 2 rings (SSSR count). The number of rotatable bonds is 4. The van der Waals surface area contributed by atoms with Gasteiger partial charge >= 0.3 is 5.97 Å². The summed E-state index contributed by atoms with van der Waals surface area (Å²) >= 11 is 6.15. The number of hydrogen-bond donors (Lipinski definition) is 2. The number of carbonyl (C=O) groups excluding carboxylic acids is 1. The van der Waals surface area contributed by atoms with Crippen LogP contribution in [-0.4, -0.2) is 17.0 Å². The van der Waals surface area contributed by atoms with Crippen molar-refractivity contribution in [3.8, 4) is 0 Å². The fraction of sp³-hybridized carbons (Fsp3) is 0.294. The van der Waals surface area contributed by atoms with Gasteiger partial charge < -0.3 is 14.8 Å². The molecule has 1 amide bonds. The number of aryl methyl sites for hydroxylation is 2. The lowest BCUT2D eigenvalue weighted by atomic mass is 9.99. The lowest BCUT2D eigenvalue weighted by Gasteiger charge is -2.14. The summed E-state index contributed by atoms with van der Waals surface area (Å²) in [6.45, 7) is 7.28. The second-order valence-electron chi connectivity index (χ2n) is 5.69. The average molecular weight is 336 g/mol. The molecule has 0 spiro atoms. The van der Waals surface area contributed by atoms with Crippen LogP contribution in [0.4, 0.5) is 5.69 Å². The Hall–Kier alpha value is -2.27. The lowest BCUT2D eigenvalue weighted by Crippen LogP contribution is -2.14. The molecule has 0 aliphatic heterocycles. The second-order valence-corrected chi connectivity index (χ2v) is 6.07. The molecule has 1 heterocycles. The SMILES string of the molecule is Cc1coc(C)c1C(=O)Nc1cc(C(=O)O)c(Cl)c(C(C)C)c1. The molecule has 0 atom stereocenters. The van der Waals surface area contributed by atoms with Crippen molar-refractivity contribution in [1.82, 2.24) is 0 Å². The summed E-state index contributed by atoms with van der Waals surface area (Å²) in [5.41, 5.74) is 2.19. The molecule has 1 aromatic carbocycles. The van der Waals surface area contributed by atoms with Gasteiger partial charge in [0, 0.05) is 11.3 Å². The zero-order valence-electron chi connectivity index (χ0n) is 13.4. The van der Waals surface area contributed by atoms with E-state index in [0.717, 1.165) is 5.56 Å². The first-order valence-corrected chi connectivity index (χ1v) is 7.53. The van der Waals surface area contributed by atoms with E-state index < -0.39 is 5.97 Å². The molecule has 0 aliphatic carbocycles. The number of nitrogens with one attached hydrogen (secondary N) is 1. The fourth-order valence-corrected chi connectivity index (χ4v) is 2.81. The van der Waals surface area contributed by atoms with Crippen molar-refractivity contribution in [2.45, 2.75) is 33.6 Å². The Bertz CT molecular complexity index is 758. The van der Waals surface area contributed by atoms with Crippen LogP contribution in [0.15, 0.2) is 22.8 Å². The minimum atomic E-state index is -1.14. The highest BCUT2D eigenvalue weighted by molar-refractivity contribution is 6.34. The van der Waals surface area contributed by atoms with Crippen LogP contribution < -0.4 is 5.32 Å². The van der Waals surface area contributed by atoms with Crippen LogP contribution in [-0.2, 0) is 0 Å². The summed E-state index contributed by atoms with van der Waals surface area (Å²) in [5, 5.41) is 12.2. The second kappa shape index (κ2) is 6.46. The molecule has 122 valence electrons. The summed E-state index contributed by atoms with van der Waals surface area (Å²) in [7, 11) is 0. The molecule has 2 aromatic rings. The molecule has 23 heavy (non-hydrogen) atoms. The number of carboxylic acid groups (broad SMARTS) is 1. The largest absolute Gasteiger partial charge is 0.478 e. The van der Waals surface area contributed by atoms with Crippen molar-refractivity contribution >= 4 is 29.2 Å². The number of carbonyl (C=O) groups is 2. The molecule has 1 aromatic heterocycles. The highest BCUT2D eigenvalue weighted by atomic mass is 35.5. The zero-order chi connectivity index (χ0) is 17.3. The van der Waals surface area contributed by atoms with Crippen LogP contribution in [0, 0.1) is 13.8 Å². The van der Waals surface area contributed by atoms with E-state index >= 15 is 0 Å². The van der Waals surface area contributed by atoms with Crippen LogP contribution >= 0.6 is 11.6 Å². The summed E-state index contributed by atoms with van der Waals surface area (Å²) in [4.78, 5) is 23.8. The van der Waals surface area contributed by atoms with Gasteiger partial charge in [-0.1, -0.05) is 25.4 Å². The average Bonchev–Trinajstić information content (AvgIpc) is 2.79. The van der Waals surface area contributed by atoms with Crippen molar-refractivity contribution in [3.05, 3.63) is 51.4 Å². The maximum atomic E-state index is 12.4. The Morgan fingerprint density at radius 3 is 2.39 bits per heavy atom. The van der Waals surface area contributed by atoms with E-state index in [9.17, 15) is 14.7 Å². The maximum absolute atomic E-state index is 12.4. The van der Waals surface area contributed by atoms with Crippen LogP contribution in [0.2, 0.25) is 5.02 Å².